The summed E-state index contributed by atoms with van der Waals surface area (Å²) in [7, 11) is 1.63. The van der Waals surface area contributed by atoms with E-state index < -0.39 is 0 Å². The number of tetrazole rings is 1. The first-order chi connectivity index (χ1) is 15.2. The summed E-state index contributed by atoms with van der Waals surface area (Å²) in [6.07, 6.45) is 3.63. The van der Waals surface area contributed by atoms with Crippen molar-refractivity contribution in [3.63, 3.8) is 0 Å². The lowest BCUT2D eigenvalue weighted by atomic mass is 10.2. The van der Waals surface area contributed by atoms with Crippen molar-refractivity contribution in [3.8, 4) is 17.2 Å². The third kappa shape index (κ3) is 5.81. The van der Waals surface area contributed by atoms with Gasteiger partial charge in [-0.1, -0.05) is 29.8 Å². The van der Waals surface area contributed by atoms with E-state index in [0.717, 1.165) is 23.4 Å². The van der Waals surface area contributed by atoms with Gasteiger partial charge in [0.05, 0.1) is 12.8 Å². The normalized spacial score (nSPS) is 10.4. The number of aryl methyl sites for hydroxylation is 1. The van der Waals surface area contributed by atoms with E-state index in [4.69, 9.17) is 9.47 Å². The molecule has 8 nitrogen and oxygen atoms in total. The largest absolute Gasteiger partial charge is 0.493 e. The molecular weight excluding hydrogens is 428 g/mol. The second-order valence-corrected chi connectivity index (χ2v) is 7.08. The smallest absolute Gasteiger partial charge is 0.194 e. The van der Waals surface area contributed by atoms with Crippen molar-refractivity contribution < 1.29 is 9.47 Å². The van der Waals surface area contributed by atoms with E-state index >= 15 is 0 Å². The van der Waals surface area contributed by atoms with E-state index in [0.29, 0.717) is 23.9 Å². The number of rotatable bonds is 9. The summed E-state index contributed by atoms with van der Waals surface area (Å²) in [6, 6.07) is 17.8. The minimum Gasteiger partial charge on any atom is -0.493 e. The van der Waals surface area contributed by atoms with Crippen molar-refractivity contribution in [2.75, 3.05) is 7.11 Å². The average Bonchev–Trinajstić information content (AvgIpc) is 3.28. The predicted molar refractivity (Wildman–Crippen MR) is 123 cm³/mol. The summed E-state index contributed by atoms with van der Waals surface area (Å²) in [5, 5.41) is 15.4. The first-order valence-corrected chi connectivity index (χ1v) is 9.96. The fourth-order valence-corrected chi connectivity index (χ4v) is 3.12. The van der Waals surface area contributed by atoms with E-state index in [1.54, 1.807) is 18.0 Å². The number of nitrogens with one attached hydrogen (secondary N) is 1. The summed E-state index contributed by atoms with van der Waals surface area (Å²) in [5.74, 6) is 1.90. The Kier molecular flexibility index (Phi) is 8.13. The van der Waals surface area contributed by atoms with Gasteiger partial charge in [0.15, 0.2) is 23.9 Å². The molecule has 0 fully saturated rings. The quantitative estimate of drug-likeness (QED) is 0.414. The number of hydrogen-bond donors (Lipinski definition) is 1. The second kappa shape index (κ2) is 11.2. The number of hydrogen-bond acceptors (Lipinski definition) is 7. The van der Waals surface area contributed by atoms with Crippen LogP contribution in [0.4, 0.5) is 0 Å². The molecule has 0 unspecified atom stereocenters. The molecule has 0 aliphatic rings. The molecule has 2 aromatic heterocycles. The van der Waals surface area contributed by atoms with E-state index in [9.17, 15) is 0 Å². The van der Waals surface area contributed by atoms with Crippen LogP contribution < -0.4 is 14.8 Å². The molecule has 166 valence electrons. The first-order valence-electron chi connectivity index (χ1n) is 9.96. The third-order valence-electron chi connectivity index (χ3n) is 4.78. The molecule has 0 aliphatic heterocycles. The molecule has 4 rings (SSSR count). The van der Waals surface area contributed by atoms with Crippen molar-refractivity contribution in [1.29, 1.82) is 0 Å². The molecule has 0 radical (unpaired) electrons. The molecule has 2 aromatic carbocycles. The molecule has 9 heteroatoms. The molecule has 0 amide bonds. The molecule has 2 heterocycles. The van der Waals surface area contributed by atoms with E-state index in [1.165, 1.54) is 5.56 Å². The van der Waals surface area contributed by atoms with Crippen molar-refractivity contribution in [2.45, 2.75) is 26.6 Å². The SMILES string of the molecule is COc1cc(CNCc2cccnc2)ccc1OCc1nnnn1-c1ccc(C)cc1.Cl. The van der Waals surface area contributed by atoms with Crippen LogP contribution in [0.3, 0.4) is 0 Å². The zero-order chi connectivity index (χ0) is 21.5. The molecule has 0 spiro atoms. The minimum atomic E-state index is 0. The first kappa shape index (κ1) is 23.2. The molecule has 4 aromatic rings. The van der Waals surface area contributed by atoms with Crippen molar-refractivity contribution >= 4 is 12.4 Å². The highest BCUT2D eigenvalue weighted by atomic mass is 35.5. The van der Waals surface area contributed by atoms with Gasteiger partial charge in [-0.05, 0) is 58.8 Å². The van der Waals surface area contributed by atoms with Crippen LogP contribution >= 0.6 is 12.4 Å². The number of aromatic nitrogens is 5. The van der Waals surface area contributed by atoms with Gasteiger partial charge >= 0.3 is 0 Å². The molecule has 0 atom stereocenters. The fourth-order valence-electron chi connectivity index (χ4n) is 3.12. The highest BCUT2D eigenvalue weighted by Crippen LogP contribution is 2.29. The number of benzene rings is 2. The monoisotopic (exact) mass is 452 g/mol. The number of nitrogens with zero attached hydrogens (tertiary/aromatic N) is 5. The number of ether oxygens (including phenoxy) is 2. The molecule has 1 N–H and O–H groups in total. The zero-order valence-electron chi connectivity index (χ0n) is 17.9. The predicted octanol–water partition coefficient (Wildman–Crippen LogP) is 3.66. The Bertz CT molecular complexity index is 1120. The minimum absolute atomic E-state index is 0. The van der Waals surface area contributed by atoms with Crippen LogP contribution in [0.1, 0.15) is 22.5 Å². The van der Waals surface area contributed by atoms with Crippen LogP contribution in [0.25, 0.3) is 5.69 Å². The van der Waals surface area contributed by atoms with E-state index in [1.807, 2.05) is 67.7 Å². The number of halogens is 1. The van der Waals surface area contributed by atoms with Gasteiger partial charge in [0.1, 0.15) is 0 Å². The Morgan fingerprint density at radius 3 is 2.53 bits per heavy atom. The van der Waals surface area contributed by atoms with Crippen LogP contribution in [0.15, 0.2) is 67.0 Å². The maximum Gasteiger partial charge on any atom is 0.194 e. The van der Waals surface area contributed by atoms with Crippen LogP contribution in [-0.4, -0.2) is 32.3 Å². The standard InChI is InChI=1S/C23H24N6O2.ClH/c1-17-5-8-20(9-6-17)29-23(26-27-28-29)16-31-21-10-7-18(12-22(21)30-2)13-25-15-19-4-3-11-24-14-19;/h3-12,14,25H,13,15-16H2,1-2H3;1H. The fraction of sp³-hybridized carbons (Fsp3) is 0.217. The molecule has 0 aliphatic carbocycles. The van der Waals surface area contributed by atoms with Crippen LogP contribution in [-0.2, 0) is 19.7 Å². The highest BCUT2D eigenvalue weighted by molar-refractivity contribution is 5.85. The van der Waals surface area contributed by atoms with Crippen LogP contribution in [0.2, 0.25) is 0 Å². The number of pyridine rings is 1. The van der Waals surface area contributed by atoms with Crippen molar-refractivity contribution in [1.82, 2.24) is 30.5 Å². The molecule has 0 bridgehead atoms. The van der Waals surface area contributed by atoms with Gasteiger partial charge in [0.25, 0.3) is 0 Å². The van der Waals surface area contributed by atoms with E-state index in [2.05, 4.69) is 25.8 Å². The summed E-state index contributed by atoms with van der Waals surface area (Å²) in [4.78, 5) is 4.13. The zero-order valence-corrected chi connectivity index (χ0v) is 18.7. The van der Waals surface area contributed by atoms with Gasteiger partial charge in [-0.2, -0.15) is 4.68 Å². The lowest BCUT2D eigenvalue weighted by Gasteiger charge is -2.13. The third-order valence-corrected chi connectivity index (χ3v) is 4.78. The maximum absolute atomic E-state index is 5.97. The summed E-state index contributed by atoms with van der Waals surface area (Å²) < 4.78 is 13.2. The average molecular weight is 453 g/mol. The van der Waals surface area contributed by atoms with Crippen LogP contribution in [0.5, 0.6) is 11.5 Å². The lowest BCUT2D eigenvalue weighted by molar-refractivity contribution is 0.273. The lowest BCUT2D eigenvalue weighted by Crippen LogP contribution is -2.13. The second-order valence-electron chi connectivity index (χ2n) is 7.08. The molecular formula is C23H25ClN6O2. The van der Waals surface area contributed by atoms with Crippen LogP contribution in [0, 0.1) is 6.92 Å². The van der Waals surface area contributed by atoms with Gasteiger partial charge in [-0.15, -0.1) is 17.5 Å². The van der Waals surface area contributed by atoms with Crippen molar-refractivity contribution in [2.24, 2.45) is 0 Å². The summed E-state index contributed by atoms with van der Waals surface area (Å²) >= 11 is 0. The number of methoxy groups -OCH3 is 1. The van der Waals surface area contributed by atoms with Gasteiger partial charge in [-0.25, -0.2) is 0 Å². The Morgan fingerprint density at radius 2 is 1.78 bits per heavy atom. The molecule has 0 saturated heterocycles. The molecule has 32 heavy (non-hydrogen) atoms. The topological polar surface area (TPSA) is 87.0 Å². The van der Waals surface area contributed by atoms with Gasteiger partial charge in [-0.3, -0.25) is 4.98 Å². The summed E-state index contributed by atoms with van der Waals surface area (Å²) in [5.41, 5.74) is 4.30. The Hall–Kier alpha value is -3.49. The highest BCUT2D eigenvalue weighted by Gasteiger charge is 2.12. The van der Waals surface area contributed by atoms with Gasteiger partial charge < -0.3 is 14.8 Å². The van der Waals surface area contributed by atoms with Gasteiger partial charge in [0, 0.05) is 25.5 Å². The van der Waals surface area contributed by atoms with Gasteiger partial charge in [0.2, 0.25) is 0 Å². The van der Waals surface area contributed by atoms with Crippen molar-refractivity contribution in [3.05, 3.63) is 89.5 Å². The Morgan fingerprint density at radius 1 is 0.969 bits per heavy atom. The van der Waals surface area contributed by atoms with E-state index in [-0.39, 0.29) is 19.0 Å². The Labute approximate surface area is 193 Å². The molecule has 0 saturated carbocycles. The maximum atomic E-state index is 5.97. The summed E-state index contributed by atoms with van der Waals surface area (Å²) in [6.45, 7) is 3.71. The Balaban J connectivity index is 0.00000289.